The number of rotatable bonds is 3. The molecule has 2 heterocycles. The Morgan fingerprint density at radius 1 is 0.605 bits per heavy atom. The zero-order valence-electron chi connectivity index (χ0n) is 23.8. The van der Waals surface area contributed by atoms with Gasteiger partial charge in [-0.25, -0.2) is 0 Å². The van der Waals surface area contributed by atoms with Crippen LogP contribution in [0.15, 0.2) is 91.0 Å². The molecule has 0 saturated carbocycles. The van der Waals surface area contributed by atoms with Gasteiger partial charge in [-0.05, 0) is 95.8 Å². The van der Waals surface area contributed by atoms with Crippen LogP contribution in [0.1, 0.15) is 43.0 Å². The summed E-state index contributed by atoms with van der Waals surface area (Å²) in [5.41, 5.74) is 10.4. The lowest BCUT2D eigenvalue weighted by Gasteiger charge is -2.14. The molecule has 0 unspecified atom stereocenters. The van der Waals surface area contributed by atoms with Crippen LogP contribution in [0.5, 0.6) is 0 Å². The standard InChI is InChI=1S/C37H24N4O2/c1-21-15-23(19-38)7-11-27(21)25-9-13-29-30-14-10-26(28-12-8-24(20-39)16-22(28)2)18-34(30)41(33(29)17-25)32-6-4-5-31-35(32)37(43)40(3)36(31)42/h4-18H,1-3H3. The zero-order chi connectivity index (χ0) is 30.0. The molecule has 0 bridgehead atoms. The van der Waals surface area contributed by atoms with Crippen LogP contribution < -0.4 is 0 Å². The van der Waals surface area contributed by atoms with E-state index < -0.39 is 0 Å². The normalized spacial score (nSPS) is 12.5. The number of nitriles is 2. The van der Waals surface area contributed by atoms with Gasteiger partial charge in [-0.15, -0.1) is 0 Å². The molecular formula is C37H24N4O2. The average molecular weight is 557 g/mol. The van der Waals surface area contributed by atoms with Crippen molar-refractivity contribution in [3.05, 3.63) is 124 Å². The molecule has 1 aliphatic rings. The summed E-state index contributed by atoms with van der Waals surface area (Å²) >= 11 is 0. The Bertz CT molecular complexity index is 2170. The SMILES string of the molecule is Cc1cc(C#N)ccc1-c1ccc2c3ccc(-c4ccc(C#N)cc4C)cc3n(-c3cccc4c3C(=O)N(C)C4=O)c2c1. The van der Waals surface area contributed by atoms with Crippen molar-refractivity contribution in [3.8, 4) is 40.1 Å². The molecule has 0 fully saturated rings. The fourth-order valence-electron chi connectivity index (χ4n) is 6.30. The first-order valence-corrected chi connectivity index (χ1v) is 13.9. The van der Waals surface area contributed by atoms with E-state index in [4.69, 9.17) is 0 Å². The lowest BCUT2D eigenvalue weighted by molar-refractivity contribution is 0.0693. The van der Waals surface area contributed by atoms with E-state index in [1.54, 1.807) is 6.07 Å². The van der Waals surface area contributed by atoms with E-state index in [1.807, 2.05) is 62.4 Å². The minimum atomic E-state index is -0.330. The summed E-state index contributed by atoms with van der Waals surface area (Å²) in [4.78, 5) is 27.6. The number of carbonyl (C=O) groups is 2. The number of nitrogens with zero attached hydrogens (tertiary/aromatic N) is 4. The molecule has 6 heteroatoms. The van der Waals surface area contributed by atoms with Crippen molar-refractivity contribution in [2.75, 3.05) is 7.05 Å². The molecule has 0 spiro atoms. The number of imide groups is 1. The molecule has 0 N–H and O–H groups in total. The summed E-state index contributed by atoms with van der Waals surface area (Å²) < 4.78 is 2.08. The predicted molar refractivity (Wildman–Crippen MR) is 167 cm³/mol. The molecule has 0 aliphatic carbocycles. The fourth-order valence-corrected chi connectivity index (χ4v) is 6.30. The molecule has 6 nitrogen and oxygen atoms in total. The third-order valence-corrected chi connectivity index (χ3v) is 8.44. The van der Waals surface area contributed by atoms with E-state index >= 15 is 0 Å². The molecule has 0 radical (unpaired) electrons. The first-order valence-electron chi connectivity index (χ1n) is 13.9. The molecule has 2 amide bonds. The van der Waals surface area contributed by atoms with Gasteiger partial charge in [0, 0.05) is 17.8 Å². The first kappa shape index (κ1) is 26.0. The monoisotopic (exact) mass is 556 g/mol. The maximum atomic E-state index is 13.4. The smallest absolute Gasteiger partial charge is 0.263 e. The van der Waals surface area contributed by atoms with Gasteiger partial charge in [0.15, 0.2) is 0 Å². The van der Waals surface area contributed by atoms with Crippen LogP contribution in [-0.2, 0) is 0 Å². The molecule has 0 atom stereocenters. The minimum Gasteiger partial charge on any atom is -0.308 e. The van der Waals surface area contributed by atoms with Gasteiger partial charge in [0.05, 0.1) is 51.1 Å². The molecule has 6 aromatic rings. The van der Waals surface area contributed by atoms with E-state index in [0.717, 1.165) is 55.2 Å². The third-order valence-electron chi connectivity index (χ3n) is 8.44. The van der Waals surface area contributed by atoms with Gasteiger partial charge in [0.2, 0.25) is 0 Å². The molecule has 204 valence electrons. The Balaban J connectivity index is 1.56. The summed E-state index contributed by atoms with van der Waals surface area (Å²) in [7, 11) is 1.51. The van der Waals surface area contributed by atoms with Gasteiger partial charge in [-0.3, -0.25) is 14.5 Å². The number of aryl methyl sites for hydroxylation is 2. The highest BCUT2D eigenvalue weighted by molar-refractivity contribution is 6.23. The number of carbonyl (C=O) groups excluding carboxylic acids is 2. The fraction of sp³-hybridized carbons (Fsp3) is 0.0811. The number of amides is 2. The maximum Gasteiger partial charge on any atom is 0.263 e. The number of hydrogen-bond donors (Lipinski definition) is 0. The second-order valence-electron chi connectivity index (χ2n) is 11.0. The van der Waals surface area contributed by atoms with Crippen molar-refractivity contribution >= 4 is 33.6 Å². The van der Waals surface area contributed by atoms with Crippen LogP contribution >= 0.6 is 0 Å². The minimum absolute atomic E-state index is 0.314. The summed E-state index contributed by atoms with van der Waals surface area (Å²) in [6.07, 6.45) is 0. The van der Waals surface area contributed by atoms with Crippen LogP contribution in [0.4, 0.5) is 0 Å². The molecule has 43 heavy (non-hydrogen) atoms. The topological polar surface area (TPSA) is 89.9 Å². The Morgan fingerprint density at radius 2 is 1.14 bits per heavy atom. The zero-order valence-corrected chi connectivity index (χ0v) is 23.8. The van der Waals surface area contributed by atoms with Gasteiger partial charge in [-0.2, -0.15) is 10.5 Å². The van der Waals surface area contributed by atoms with Crippen molar-refractivity contribution in [3.63, 3.8) is 0 Å². The first-order chi connectivity index (χ1) is 20.8. The predicted octanol–water partition coefficient (Wildman–Crippen LogP) is 7.70. The summed E-state index contributed by atoms with van der Waals surface area (Å²) in [6.45, 7) is 3.98. The van der Waals surface area contributed by atoms with Crippen LogP contribution in [0.3, 0.4) is 0 Å². The largest absolute Gasteiger partial charge is 0.308 e. The highest BCUT2D eigenvalue weighted by Gasteiger charge is 2.36. The van der Waals surface area contributed by atoms with Gasteiger partial charge >= 0.3 is 0 Å². The number of aromatic nitrogens is 1. The van der Waals surface area contributed by atoms with Crippen molar-refractivity contribution in [1.82, 2.24) is 9.47 Å². The Morgan fingerprint density at radius 3 is 1.63 bits per heavy atom. The second kappa shape index (κ2) is 9.55. The second-order valence-corrected chi connectivity index (χ2v) is 11.0. The van der Waals surface area contributed by atoms with Gasteiger partial charge in [-0.1, -0.05) is 42.5 Å². The van der Waals surface area contributed by atoms with E-state index in [0.29, 0.717) is 27.9 Å². The lowest BCUT2D eigenvalue weighted by atomic mass is 9.96. The number of fused-ring (bicyclic) bond motifs is 4. The van der Waals surface area contributed by atoms with Crippen LogP contribution in [0, 0.1) is 36.5 Å². The average Bonchev–Trinajstić information content (AvgIpc) is 3.46. The molecule has 0 saturated heterocycles. The van der Waals surface area contributed by atoms with Crippen LogP contribution in [-0.4, -0.2) is 28.3 Å². The summed E-state index contributed by atoms with van der Waals surface area (Å²) in [5.74, 6) is -0.644. The van der Waals surface area contributed by atoms with Crippen LogP contribution in [0.25, 0.3) is 49.7 Å². The van der Waals surface area contributed by atoms with Gasteiger partial charge in [0.1, 0.15) is 0 Å². The maximum absolute atomic E-state index is 13.4. The Hall–Kier alpha value is -5.98. The van der Waals surface area contributed by atoms with Gasteiger partial charge < -0.3 is 4.57 Å². The van der Waals surface area contributed by atoms with Gasteiger partial charge in [0.25, 0.3) is 11.8 Å². The molecular weight excluding hydrogens is 532 g/mol. The van der Waals surface area contributed by atoms with E-state index in [1.165, 1.54) is 11.9 Å². The molecule has 7 rings (SSSR count). The van der Waals surface area contributed by atoms with Crippen molar-refractivity contribution in [2.45, 2.75) is 13.8 Å². The third kappa shape index (κ3) is 3.85. The lowest BCUT2D eigenvalue weighted by Crippen LogP contribution is -2.24. The molecule has 1 aromatic heterocycles. The van der Waals surface area contributed by atoms with Crippen molar-refractivity contribution in [2.24, 2.45) is 0 Å². The van der Waals surface area contributed by atoms with E-state index in [2.05, 4.69) is 53.1 Å². The molecule has 1 aliphatic heterocycles. The highest BCUT2D eigenvalue weighted by atomic mass is 16.2. The number of benzene rings is 5. The summed E-state index contributed by atoms with van der Waals surface area (Å²) in [6, 6.07) is 33.7. The van der Waals surface area contributed by atoms with E-state index in [9.17, 15) is 20.1 Å². The van der Waals surface area contributed by atoms with Crippen molar-refractivity contribution < 1.29 is 9.59 Å². The summed E-state index contributed by atoms with van der Waals surface area (Å²) in [5, 5.41) is 20.8. The molecule has 5 aromatic carbocycles. The number of hydrogen-bond acceptors (Lipinski definition) is 4. The highest BCUT2D eigenvalue weighted by Crippen LogP contribution is 2.40. The quantitative estimate of drug-likeness (QED) is 0.209. The van der Waals surface area contributed by atoms with Crippen LogP contribution in [0.2, 0.25) is 0 Å². The van der Waals surface area contributed by atoms with Crippen molar-refractivity contribution in [1.29, 1.82) is 10.5 Å². The Kier molecular flexibility index (Phi) is 5.76. The van der Waals surface area contributed by atoms with E-state index in [-0.39, 0.29) is 11.8 Å². The Labute approximate surface area is 248 Å².